The lowest BCUT2D eigenvalue weighted by molar-refractivity contribution is 0.000539. The Kier molecular flexibility index (Phi) is 4.61. The molecule has 1 aromatic carbocycles. The average molecular weight is 273 g/mol. The van der Waals surface area contributed by atoms with Crippen LogP contribution in [0, 0.1) is 12.7 Å². The van der Waals surface area contributed by atoms with Crippen LogP contribution < -0.4 is 5.32 Å². The standard InChI is InChI=1S/C14H18F3NO/c1-5-12(14(4,16)17)18-10-6-8(2)13(9(3)19)11(15)7-10/h6-7,12,18H,5H2,1-4H3. The van der Waals surface area contributed by atoms with Crippen molar-refractivity contribution >= 4 is 11.5 Å². The fraction of sp³-hybridized carbons (Fsp3) is 0.500. The average Bonchev–Trinajstić information content (AvgIpc) is 2.22. The Labute approximate surface area is 111 Å². The van der Waals surface area contributed by atoms with Crippen molar-refractivity contribution in [3.63, 3.8) is 0 Å². The third kappa shape index (κ3) is 3.72. The van der Waals surface area contributed by atoms with E-state index in [1.54, 1.807) is 13.8 Å². The minimum Gasteiger partial charge on any atom is -0.376 e. The Bertz CT molecular complexity index is 457. The van der Waals surface area contributed by atoms with Gasteiger partial charge in [0, 0.05) is 12.6 Å². The van der Waals surface area contributed by atoms with Gasteiger partial charge in [0.05, 0.1) is 11.6 Å². The Morgan fingerprint density at radius 1 is 1.42 bits per heavy atom. The number of aryl methyl sites for hydroxylation is 1. The number of halogens is 3. The molecule has 0 fully saturated rings. The van der Waals surface area contributed by atoms with Crippen LogP contribution in [0.5, 0.6) is 0 Å². The maximum Gasteiger partial charge on any atom is 0.265 e. The van der Waals surface area contributed by atoms with Crippen LogP contribution in [0.4, 0.5) is 18.9 Å². The van der Waals surface area contributed by atoms with Gasteiger partial charge < -0.3 is 5.32 Å². The lowest BCUT2D eigenvalue weighted by Gasteiger charge is -2.25. The van der Waals surface area contributed by atoms with Crippen molar-refractivity contribution in [2.24, 2.45) is 0 Å². The van der Waals surface area contributed by atoms with Gasteiger partial charge in [-0.2, -0.15) is 0 Å². The molecule has 1 unspecified atom stereocenters. The van der Waals surface area contributed by atoms with E-state index in [-0.39, 0.29) is 23.5 Å². The van der Waals surface area contributed by atoms with E-state index in [1.165, 1.54) is 13.0 Å². The van der Waals surface area contributed by atoms with Gasteiger partial charge in [-0.1, -0.05) is 6.92 Å². The first-order valence-corrected chi connectivity index (χ1v) is 6.12. The SMILES string of the molecule is CCC(Nc1cc(C)c(C(C)=O)c(F)c1)C(C)(F)F. The summed E-state index contributed by atoms with van der Waals surface area (Å²) in [6, 6.07) is 1.52. The highest BCUT2D eigenvalue weighted by Gasteiger charge is 2.32. The van der Waals surface area contributed by atoms with Gasteiger partial charge in [-0.05, 0) is 38.0 Å². The minimum atomic E-state index is -2.90. The zero-order valence-electron chi connectivity index (χ0n) is 11.5. The normalized spacial score (nSPS) is 13.2. The Morgan fingerprint density at radius 2 is 2.00 bits per heavy atom. The van der Waals surface area contributed by atoms with Crippen LogP contribution in [0.2, 0.25) is 0 Å². The van der Waals surface area contributed by atoms with Crippen molar-refractivity contribution in [3.05, 3.63) is 29.1 Å². The lowest BCUT2D eigenvalue weighted by atomic mass is 10.0. The molecule has 2 nitrogen and oxygen atoms in total. The molecule has 0 saturated heterocycles. The quantitative estimate of drug-likeness (QED) is 0.815. The topological polar surface area (TPSA) is 29.1 Å². The highest BCUT2D eigenvalue weighted by atomic mass is 19.3. The zero-order chi connectivity index (χ0) is 14.8. The summed E-state index contributed by atoms with van der Waals surface area (Å²) in [5, 5.41) is 2.62. The van der Waals surface area contributed by atoms with E-state index >= 15 is 0 Å². The number of benzene rings is 1. The third-order valence-corrected chi connectivity index (χ3v) is 3.00. The number of carbonyl (C=O) groups is 1. The van der Waals surface area contributed by atoms with Gasteiger partial charge in [0.15, 0.2) is 5.78 Å². The minimum absolute atomic E-state index is 0.00172. The highest BCUT2D eigenvalue weighted by Crippen LogP contribution is 2.26. The number of ketones is 1. The number of nitrogens with one attached hydrogen (secondary N) is 1. The van der Waals surface area contributed by atoms with E-state index in [1.807, 2.05) is 0 Å². The van der Waals surface area contributed by atoms with E-state index in [0.717, 1.165) is 13.0 Å². The second-order valence-electron chi connectivity index (χ2n) is 4.77. The number of alkyl halides is 2. The first kappa shape index (κ1) is 15.5. The molecule has 1 aromatic rings. The van der Waals surface area contributed by atoms with E-state index in [0.29, 0.717) is 5.56 Å². The van der Waals surface area contributed by atoms with Gasteiger partial charge in [0.1, 0.15) is 5.82 Å². The molecular weight excluding hydrogens is 255 g/mol. The molecule has 5 heteroatoms. The van der Waals surface area contributed by atoms with Gasteiger partial charge >= 0.3 is 0 Å². The van der Waals surface area contributed by atoms with Crippen LogP contribution in [0.25, 0.3) is 0 Å². The van der Waals surface area contributed by atoms with Crippen LogP contribution in [0.15, 0.2) is 12.1 Å². The molecule has 0 saturated carbocycles. The van der Waals surface area contributed by atoms with Crippen LogP contribution in [-0.2, 0) is 0 Å². The third-order valence-electron chi connectivity index (χ3n) is 3.00. The fourth-order valence-electron chi connectivity index (χ4n) is 2.06. The fourth-order valence-corrected chi connectivity index (χ4v) is 2.06. The monoisotopic (exact) mass is 273 g/mol. The summed E-state index contributed by atoms with van der Waals surface area (Å²) in [4.78, 5) is 11.3. The second-order valence-corrected chi connectivity index (χ2v) is 4.77. The first-order chi connectivity index (χ1) is 8.66. The Hall–Kier alpha value is -1.52. The molecule has 0 aliphatic rings. The van der Waals surface area contributed by atoms with Crippen molar-refractivity contribution in [2.45, 2.75) is 46.1 Å². The summed E-state index contributed by atoms with van der Waals surface area (Å²) in [6.07, 6.45) is 0.207. The number of Topliss-reactive ketones (excluding diaryl/α,β-unsaturated/α-hetero) is 1. The molecule has 1 N–H and O–H groups in total. The van der Waals surface area contributed by atoms with Crippen molar-refractivity contribution in [1.82, 2.24) is 0 Å². The van der Waals surface area contributed by atoms with Crippen molar-refractivity contribution in [3.8, 4) is 0 Å². The zero-order valence-corrected chi connectivity index (χ0v) is 11.5. The molecular formula is C14H18F3NO. The van der Waals surface area contributed by atoms with Crippen LogP contribution in [-0.4, -0.2) is 17.7 Å². The van der Waals surface area contributed by atoms with Crippen LogP contribution in [0.1, 0.15) is 43.1 Å². The van der Waals surface area contributed by atoms with Gasteiger partial charge in [-0.15, -0.1) is 0 Å². The summed E-state index contributed by atoms with van der Waals surface area (Å²) >= 11 is 0. The predicted molar refractivity (Wildman–Crippen MR) is 69.5 cm³/mol. The largest absolute Gasteiger partial charge is 0.376 e. The molecule has 0 spiro atoms. The smallest absolute Gasteiger partial charge is 0.265 e. The van der Waals surface area contributed by atoms with Gasteiger partial charge in [-0.3, -0.25) is 4.79 Å². The van der Waals surface area contributed by atoms with Crippen molar-refractivity contribution in [2.75, 3.05) is 5.32 Å². The number of hydrogen-bond acceptors (Lipinski definition) is 2. The molecule has 0 amide bonds. The maximum absolute atomic E-state index is 13.8. The maximum atomic E-state index is 13.8. The summed E-state index contributed by atoms with van der Waals surface area (Å²) in [6.45, 7) is 5.30. The van der Waals surface area contributed by atoms with E-state index in [4.69, 9.17) is 0 Å². The van der Waals surface area contributed by atoms with E-state index < -0.39 is 17.8 Å². The molecule has 0 bridgehead atoms. The summed E-state index contributed by atoms with van der Waals surface area (Å²) in [7, 11) is 0. The van der Waals surface area contributed by atoms with Crippen molar-refractivity contribution in [1.29, 1.82) is 0 Å². The molecule has 0 aromatic heterocycles. The number of hydrogen-bond donors (Lipinski definition) is 1. The number of anilines is 1. The predicted octanol–water partition coefficient (Wildman–Crippen LogP) is 4.18. The summed E-state index contributed by atoms with van der Waals surface area (Å²) in [5.41, 5.74) is 0.694. The molecule has 0 radical (unpaired) electrons. The second kappa shape index (κ2) is 5.63. The molecule has 106 valence electrons. The molecule has 19 heavy (non-hydrogen) atoms. The molecule has 0 aliphatic carbocycles. The Morgan fingerprint density at radius 3 is 2.37 bits per heavy atom. The van der Waals surface area contributed by atoms with Gasteiger partial charge in [0.25, 0.3) is 5.92 Å². The van der Waals surface area contributed by atoms with Crippen molar-refractivity contribution < 1.29 is 18.0 Å². The lowest BCUT2D eigenvalue weighted by Crippen LogP contribution is -2.36. The summed E-state index contributed by atoms with van der Waals surface area (Å²) < 4.78 is 40.3. The van der Waals surface area contributed by atoms with Crippen LogP contribution in [0.3, 0.4) is 0 Å². The molecule has 0 heterocycles. The highest BCUT2D eigenvalue weighted by molar-refractivity contribution is 5.96. The van der Waals surface area contributed by atoms with Gasteiger partial charge in [-0.25, -0.2) is 13.2 Å². The molecule has 0 aliphatic heterocycles. The van der Waals surface area contributed by atoms with Gasteiger partial charge in [0.2, 0.25) is 0 Å². The Balaban J connectivity index is 3.08. The van der Waals surface area contributed by atoms with E-state index in [2.05, 4.69) is 5.32 Å². The first-order valence-electron chi connectivity index (χ1n) is 6.12. The summed E-state index contributed by atoms with van der Waals surface area (Å²) in [5.74, 6) is -3.98. The number of carbonyl (C=O) groups excluding carboxylic acids is 1. The molecule has 1 atom stereocenters. The molecule has 1 rings (SSSR count). The number of rotatable bonds is 5. The van der Waals surface area contributed by atoms with E-state index in [9.17, 15) is 18.0 Å². The van der Waals surface area contributed by atoms with Crippen LogP contribution >= 0.6 is 0 Å².